The van der Waals surface area contributed by atoms with Gasteiger partial charge < -0.3 is 9.84 Å². The Bertz CT molecular complexity index is 581. The molecule has 4 nitrogen and oxygen atoms in total. The van der Waals surface area contributed by atoms with Gasteiger partial charge >= 0.3 is 5.97 Å². The second-order valence-electron chi connectivity index (χ2n) is 4.28. The number of hydrogen-bond acceptors (Lipinski definition) is 3. The zero-order valence-electron chi connectivity index (χ0n) is 10.9. The second-order valence-corrected chi connectivity index (χ2v) is 4.72. The van der Waals surface area contributed by atoms with Crippen LogP contribution in [0.4, 0.5) is 0 Å². The van der Waals surface area contributed by atoms with E-state index in [0.29, 0.717) is 28.6 Å². The molecule has 0 bridgehead atoms. The van der Waals surface area contributed by atoms with E-state index in [1.807, 2.05) is 6.92 Å². The van der Waals surface area contributed by atoms with Gasteiger partial charge in [-0.25, -0.2) is 4.98 Å². The van der Waals surface area contributed by atoms with E-state index < -0.39 is 11.9 Å². The summed E-state index contributed by atoms with van der Waals surface area (Å²) in [4.78, 5) is 15.2. The number of hydrogen-bond donors (Lipinski definition) is 1. The van der Waals surface area contributed by atoms with Crippen LogP contribution in [-0.4, -0.2) is 16.1 Å². The van der Waals surface area contributed by atoms with Crippen molar-refractivity contribution in [2.45, 2.75) is 19.3 Å². The molecule has 1 aromatic carbocycles. The topological polar surface area (TPSA) is 59.4 Å². The molecule has 104 valence electrons. The van der Waals surface area contributed by atoms with Crippen LogP contribution in [0, 0.1) is 0 Å². The number of carboxylic acids is 1. The van der Waals surface area contributed by atoms with Crippen LogP contribution in [0.3, 0.4) is 0 Å². The molecule has 0 spiro atoms. The number of halogens is 1. The summed E-state index contributed by atoms with van der Waals surface area (Å²) >= 11 is 5.79. The molecule has 20 heavy (non-hydrogen) atoms. The van der Waals surface area contributed by atoms with Gasteiger partial charge in [0.25, 0.3) is 0 Å². The van der Waals surface area contributed by atoms with Gasteiger partial charge in [0.2, 0.25) is 5.88 Å². The molecule has 2 aromatic rings. The van der Waals surface area contributed by atoms with Crippen molar-refractivity contribution in [1.29, 1.82) is 0 Å². The first-order valence-corrected chi connectivity index (χ1v) is 6.60. The molecule has 5 heteroatoms. The average molecular weight is 292 g/mol. The highest BCUT2D eigenvalue weighted by Crippen LogP contribution is 2.24. The van der Waals surface area contributed by atoms with Crippen molar-refractivity contribution in [2.24, 2.45) is 0 Å². The van der Waals surface area contributed by atoms with Gasteiger partial charge in [-0.1, -0.05) is 24.6 Å². The molecule has 0 aliphatic carbocycles. The van der Waals surface area contributed by atoms with Crippen LogP contribution in [0.15, 0.2) is 42.6 Å². The van der Waals surface area contributed by atoms with Crippen molar-refractivity contribution in [2.75, 3.05) is 0 Å². The summed E-state index contributed by atoms with van der Waals surface area (Å²) in [6, 6.07) is 10.3. The van der Waals surface area contributed by atoms with E-state index in [9.17, 15) is 4.79 Å². The molecule has 0 amide bonds. The number of benzene rings is 1. The van der Waals surface area contributed by atoms with Gasteiger partial charge in [0.15, 0.2) is 0 Å². The van der Waals surface area contributed by atoms with E-state index in [2.05, 4.69) is 4.98 Å². The number of aromatic nitrogens is 1. The molecular weight excluding hydrogens is 278 g/mol. The van der Waals surface area contributed by atoms with Crippen LogP contribution < -0.4 is 4.74 Å². The van der Waals surface area contributed by atoms with Crippen LogP contribution in [0.2, 0.25) is 5.02 Å². The molecule has 0 saturated carbocycles. The lowest BCUT2D eigenvalue weighted by molar-refractivity contribution is -0.138. The van der Waals surface area contributed by atoms with Gasteiger partial charge in [0.05, 0.1) is 5.92 Å². The van der Waals surface area contributed by atoms with E-state index >= 15 is 0 Å². The maximum Gasteiger partial charge on any atom is 0.311 e. The Morgan fingerprint density at radius 2 is 2.00 bits per heavy atom. The summed E-state index contributed by atoms with van der Waals surface area (Å²) in [5, 5.41) is 9.72. The van der Waals surface area contributed by atoms with E-state index in [0.717, 1.165) is 0 Å². The third-order valence-corrected chi connectivity index (χ3v) is 3.16. The van der Waals surface area contributed by atoms with E-state index in [1.54, 1.807) is 36.4 Å². The number of carboxylic acid groups (broad SMARTS) is 1. The van der Waals surface area contributed by atoms with Crippen LogP contribution >= 0.6 is 11.6 Å². The van der Waals surface area contributed by atoms with Gasteiger partial charge in [-0.2, -0.15) is 0 Å². The largest absolute Gasteiger partial charge is 0.481 e. The van der Waals surface area contributed by atoms with E-state index in [4.69, 9.17) is 21.4 Å². The monoisotopic (exact) mass is 291 g/mol. The molecule has 2 rings (SSSR count). The highest BCUT2D eigenvalue weighted by molar-refractivity contribution is 6.30. The third kappa shape index (κ3) is 3.48. The average Bonchev–Trinajstić information content (AvgIpc) is 2.44. The summed E-state index contributed by atoms with van der Waals surface area (Å²) in [5.41, 5.74) is 0.670. The second kappa shape index (κ2) is 6.39. The lowest BCUT2D eigenvalue weighted by atomic mass is 9.99. The third-order valence-electron chi connectivity index (χ3n) is 2.90. The fourth-order valence-electron chi connectivity index (χ4n) is 1.83. The van der Waals surface area contributed by atoms with Crippen LogP contribution in [0.25, 0.3) is 0 Å². The van der Waals surface area contributed by atoms with E-state index in [1.165, 1.54) is 6.20 Å². The number of rotatable bonds is 5. The summed E-state index contributed by atoms with van der Waals surface area (Å²) < 4.78 is 5.55. The zero-order valence-corrected chi connectivity index (χ0v) is 11.7. The summed E-state index contributed by atoms with van der Waals surface area (Å²) in [6.45, 7) is 1.83. The zero-order chi connectivity index (χ0) is 14.5. The Morgan fingerprint density at radius 3 is 2.50 bits per heavy atom. The molecule has 0 radical (unpaired) electrons. The minimum absolute atomic E-state index is 0.413. The standard InChI is InChI=1S/C15H14ClNO3/c1-2-13(15(18)19)10-3-8-14(17-9-10)20-12-6-4-11(16)5-7-12/h3-9,13H,2H2,1H3,(H,18,19). The number of pyridine rings is 1. The first-order chi connectivity index (χ1) is 9.60. The number of nitrogens with zero attached hydrogens (tertiary/aromatic N) is 1. The molecule has 0 fully saturated rings. The molecular formula is C15H14ClNO3. The van der Waals surface area contributed by atoms with E-state index in [-0.39, 0.29) is 0 Å². The van der Waals surface area contributed by atoms with Gasteiger partial charge in [0, 0.05) is 17.3 Å². The molecule has 1 heterocycles. The molecule has 0 aliphatic rings. The van der Waals surface area contributed by atoms with Crippen LogP contribution in [-0.2, 0) is 4.79 Å². The lowest BCUT2D eigenvalue weighted by Crippen LogP contribution is -2.10. The smallest absolute Gasteiger partial charge is 0.311 e. The number of ether oxygens (including phenoxy) is 1. The predicted molar refractivity (Wildman–Crippen MR) is 76.4 cm³/mol. The van der Waals surface area contributed by atoms with Crippen molar-refractivity contribution in [1.82, 2.24) is 4.98 Å². The van der Waals surface area contributed by atoms with Gasteiger partial charge in [0.1, 0.15) is 5.75 Å². The Morgan fingerprint density at radius 1 is 1.30 bits per heavy atom. The van der Waals surface area contributed by atoms with Crippen LogP contribution in [0.5, 0.6) is 11.6 Å². The summed E-state index contributed by atoms with van der Waals surface area (Å²) in [6.07, 6.45) is 2.06. The van der Waals surface area contributed by atoms with Crippen LogP contribution in [0.1, 0.15) is 24.8 Å². The molecule has 0 saturated heterocycles. The highest BCUT2D eigenvalue weighted by Gasteiger charge is 2.17. The molecule has 0 aliphatic heterocycles. The SMILES string of the molecule is CCC(C(=O)O)c1ccc(Oc2ccc(Cl)cc2)nc1. The number of aliphatic carboxylic acids is 1. The maximum atomic E-state index is 11.1. The maximum absolute atomic E-state index is 11.1. The highest BCUT2D eigenvalue weighted by atomic mass is 35.5. The molecule has 1 unspecified atom stereocenters. The summed E-state index contributed by atoms with van der Waals surface area (Å²) in [5.74, 6) is -0.344. The first-order valence-electron chi connectivity index (χ1n) is 6.22. The Labute approximate surface area is 122 Å². The molecule has 1 N–H and O–H groups in total. The van der Waals surface area contributed by atoms with Crippen molar-refractivity contribution in [3.05, 3.63) is 53.2 Å². The Kier molecular flexibility index (Phi) is 4.58. The summed E-state index contributed by atoms with van der Waals surface area (Å²) in [7, 11) is 0. The molecule has 1 atom stereocenters. The normalized spacial score (nSPS) is 11.9. The van der Waals surface area contributed by atoms with Crippen molar-refractivity contribution in [3.8, 4) is 11.6 Å². The fourth-order valence-corrected chi connectivity index (χ4v) is 1.96. The lowest BCUT2D eigenvalue weighted by Gasteiger charge is -2.10. The van der Waals surface area contributed by atoms with Crippen molar-refractivity contribution >= 4 is 17.6 Å². The van der Waals surface area contributed by atoms with Gasteiger partial charge in [-0.15, -0.1) is 0 Å². The van der Waals surface area contributed by atoms with Gasteiger partial charge in [-0.3, -0.25) is 4.79 Å². The Hall–Kier alpha value is -2.07. The quantitative estimate of drug-likeness (QED) is 0.901. The fraction of sp³-hybridized carbons (Fsp3) is 0.200. The van der Waals surface area contributed by atoms with Crippen molar-refractivity contribution < 1.29 is 14.6 Å². The van der Waals surface area contributed by atoms with Gasteiger partial charge in [-0.05, 0) is 36.2 Å². The first kappa shape index (κ1) is 14.3. The minimum atomic E-state index is -0.847. The number of carbonyl (C=O) groups is 1. The van der Waals surface area contributed by atoms with Crippen molar-refractivity contribution in [3.63, 3.8) is 0 Å². The molecule has 1 aromatic heterocycles. The Balaban J connectivity index is 2.12. The predicted octanol–water partition coefficient (Wildman–Crippen LogP) is 4.11. The minimum Gasteiger partial charge on any atom is -0.481 e.